The number of amides is 2. The number of hydrogen-bond donors (Lipinski definition) is 2. The van der Waals surface area contributed by atoms with E-state index in [0.29, 0.717) is 24.3 Å². The average Bonchev–Trinajstić information content (AvgIpc) is 2.86. The minimum absolute atomic E-state index is 0.0487. The molecular weight excluding hydrogens is 290 g/mol. The molecule has 0 radical (unpaired) electrons. The molecule has 2 saturated carbocycles. The number of hydrogen-bond acceptors (Lipinski definition) is 3. The molecule has 2 aliphatic carbocycles. The quantitative estimate of drug-likeness (QED) is 0.827. The lowest BCUT2D eigenvalue weighted by Crippen LogP contribution is -2.58. The van der Waals surface area contributed by atoms with Crippen LogP contribution in [0.1, 0.15) is 58.8 Å². The molecule has 2 bridgehead atoms. The van der Waals surface area contributed by atoms with Gasteiger partial charge in [0.2, 0.25) is 11.8 Å². The third kappa shape index (κ3) is 3.39. The van der Waals surface area contributed by atoms with E-state index < -0.39 is 0 Å². The molecule has 130 valence electrons. The third-order valence-electron chi connectivity index (χ3n) is 6.03. The van der Waals surface area contributed by atoms with Crippen LogP contribution in [0.2, 0.25) is 0 Å². The van der Waals surface area contributed by atoms with Gasteiger partial charge in [-0.15, -0.1) is 0 Å². The van der Waals surface area contributed by atoms with Crippen LogP contribution in [0.4, 0.5) is 0 Å². The standard InChI is InChI=1S/C18H31N3O2/c1-11(2)17(21-8-4-7-15(21)22)18(23)20-16-12-5-3-6-13(16)10-14(19)9-12/h11-14,16-17H,3-10,19H2,1-2H3,(H,20,23). The summed E-state index contributed by atoms with van der Waals surface area (Å²) in [6.45, 7) is 4.79. The van der Waals surface area contributed by atoms with Crippen LogP contribution in [0.3, 0.4) is 0 Å². The number of carbonyl (C=O) groups is 2. The van der Waals surface area contributed by atoms with Gasteiger partial charge in [0.05, 0.1) is 0 Å². The molecule has 3 fully saturated rings. The second-order valence-corrected chi connectivity index (χ2v) is 8.10. The molecule has 1 heterocycles. The van der Waals surface area contributed by atoms with Crippen molar-refractivity contribution < 1.29 is 9.59 Å². The van der Waals surface area contributed by atoms with E-state index in [0.717, 1.165) is 25.8 Å². The van der Waals surface area contributed by atoms with E-state index in [-0.39, 0.29) is 29.8 Å². The number of nitrogens with two attached hydrogens (primary N) is 1. The number of carbonyl (C=O) groups excluding carboxylic acids is 2. The SMILES string of the molecule is CC(C)C(C(=O)NC1C2CCCC1CC(N)C2)N1CCCC1=O. The Morgan fingerprint density at radius 3 is 2.39 bits per heavy atom. The Balaban J connectivity index is 1.70. The van der Waals surface area contributed by atoms with E-state index in [1.807, 2.05) is 13.8 Å². The van der Waals surface area contributed by atoms with Crippen LogP contribution in [-0.2, 0) is 9.59 Å². The van der Waals surface area contributed by atoms with Crippen molar-refractivity contribution in [2.75, 3.05) is 6.54 Å². The van der Waals surface area contributed by atoms with Crippen molar-refractivity contribution in [2.45, 2.75) is 76.9 Å². The molecule has 3 N–H and O–H groups in total. The van der Waals surface area contributed by atoms with Gasteiger partial charge in [-0.1, -0.05) is 20.3 Å². The maximum atomic E-state index is 13.0. The van der Waals surface area contributed by atoms with Gasteiger partial charge in [-0.2, -0.15) is 0 Å². The molecule has 1 aliphatic heterocycles. The zero-order valence-corrected chi connectivity index (χ0v) is 14.5. The molecule has 23 heavy (non-hydrogen) atoms. The van der Waals surface area contributed by atoms with Crippen LogP contribution in [0.25, 0.3) is 0 Å². The van der Waals surface area contributed by atoms with Crippen molar-refractivity contribution >= 4 is 11.8 Å². The summed E-state index contributed by atoms with van der Waals surface area (Å²) in [6, 6.07) is 0.232. The highest BCUT2D eigenvalue weighted by Gasteiger charge is 2.42. The molecule has 0 spiro atoms. The molecule has 3 rings (SSSR count). The first kappa shape index (κ1) is 16.7. The average molecular weight is 321 g/mol. The second-order valence-electron chi connectivity index (χ2n) is 8.10. The van der Waals surface area contributed by atoms with Gasteiger partial charge in [-0.3, -0.25) is 9.59 Å². The van der Waals surface area contributed by atoms with Crippen molar-refractivity contribution in [1.29, 1.82) is 0 Å². The number of likely N-dealkylation sites (tertiary alicyclic amines) is 1. The second kappa shape index (κ2) is 6.80. The fourth-order valence-corrected chi connectivity index (χ4v) is 5.04. The molecule has 2 amide bonds. The summed E-state index contributed by atoms with van der Waals surface area (Å²) >= 11 is 0. The fraction of sp³-hybridized carbons (Fsp3) is 0.889. The molecule has 0 aromatic heterocycles. The van der Waals surface area contributed by atoms with E-state index >= 15 is 0 Å². The highest BCUT2D eigenvalue weighted by molar-refractivity contribution is 5.89. The first-order valence-electron chi connectivity index (χ1n) is 9.32. The Kier molecular flexibility index (Phi) is 4.95. The lowest BCUT2D eigenvalue weighted by atomic mass is 9.67. The minimum Gasteiger partial charge on any atom is -0.351 e. The van der Waals surface area contributed by atoms with Crippen molar-refractivity contribution in [3.8, 4) is 0 Å². The van der Waals surface area contributed by atoms with Gasteiger partial charge in [0.1, 0.15) is 6.04 Å². The van der Waals surface area contributed by atoms with Crippen LogP contribution in [0, 0.1) is 17.8 Å². The summed E-state index contributed by atoms with van der Waals surface area (Å²) in [7, 11) is 0. The van der Waals surface area contributed by atoms with Crippen molar-refractivity contribution in [3.63, 3.8) is 0 Å². The number of nitrogens with zero attached hydrogens (tertiary/aromatic N) is 1. The molecule has 5 heteroatoms. The molecule has 0 aromatic rings. The van der Waals surface area contributed by atoms with Crippen LogP contribution >= 0.6 is 0 Å². The van der Waals surface area contributed by atoms with Crippen molar-refractivity contribution in [3.05, 3.63) is 0 Å². The van der Waals surface area contributed by atoms with Crippen molar-refractivity contribution in [2.24, 2.45) is 23.5 Å². The van der Waals surface area contributed by atoms with Gasteiger partial charge in [-0.25, -0.2) is 0 Å². The first-order chi connectivity index (χ1) is 11.0. The molecule has 1 saturated heterocycles. The number of fused-ring (bicyclic) bond motifs is 2. The lowest BCUT2D eigenvalue weighted by molar-refractivity contribution is -0.140. The molecule has 3 unspecified atom stereocenters. The van der Waals surface area contributed by atoms with E-state index in [1.54, 1.807) is 4.90 Å². The van der Waals surface area contributed by atoms with Gasteiger partial charge in [0.25, 0.3) is 0 Å². The summed E-state index contributed by atoms with van der Waals surface area (Å²) < 4.78 is 0. The van der Waals surface area contributed by atoms with E-state index in [4.69, 9.17) is 5.73 Å². The predicted molar refractivity (Wildman–Crippen MR) is 89.5 cm³/mol. The minimum atomic E-state index is -0.318. The lowest BCUT2D eigenvalue weighted by Gasteiger charge is -2.46. The fourth-order valence-electron chi connectivity index (χ4n) is 5.04. The maximum absolute atomic E-state index is 13.0. The smallest absolute Gasteiger partial charge is 0.243 e. The first-order valence-corrected chi connectivity index (χ1v) is 9.32. The third-order valence-corrected chi connectivity index (χ3v) is 6.03. The molecule has 5 nitrogen and oxygen atoms in total. The molecule has 0 aromatic carbocycles. The molecular formula is C18H31N3O2. The zero-order chi connectivity index (χ0) is 16.6. The summed E-state index contributed by atoms with van der Waals surface area (Å²) in [4.78, 5) is 26.8. The zero-order valence-electron chi connectivity index (χ0n) is 14.5. The van der Waals surface area contributed by atoms with Gasteiger partial charge >= 0.3 is 0 Å². The summed E-state index contributed by atoms with van der Waals surface area (Å²) in [5.74, 6) is 1.35. The highest BCUT2D eigenvalue weighted by Crippen LogP contribution is 2.39. The summed E-state index contributed by atoms with van der Waals surface area (Å²) in [5, 5.41) is 3.33. The van der Waals surface area contributed by atoms with E-state index in [1.165, 1.54) is 19.3 Å². The largest absolute Gasteiger partial charge is 0.351 e. The monoisotopic (exact) mass is 321 g/mol. The number of nitrogens with one attached hydrogen (secondary N) is 1. The Morgan fingerprint density at radius 2 is 1.87 bits per heavy atom. The Hall–Kier alpha value is -1.10. The molecule has 3 aliphatic rings. The predicted octanol–water partition coefficient (Wildman–Crippen LogP) is 1.66. The molecule has 3 atom stereocenters. The Bertz CT molecular complexity index is 451. The van der Waals surface area contributed by atoms with Crippen LogP contribution in [0.15, 0.2) is 0 Å². The summed E-state index contributed by atoms with van der Waals surface area (Å²) in [5.41, 5.74) is 6.18. The van der Waals surface area contributed by atoms with E-state index in [2.05, 4.69) is 5.32 Å². The van der Waals surface area contributed by atoms with Crippen LogP contribution < -0.4 is 11.1 Å². The van der Waals surface area contributed by atoms with Gasteiger partial charge in [-0.05, 0) is 49.9 Å². The normalized spacial score (nSPS) is 35.5. The Labute approximate surface area is 139 Å². The van der Waals surface area contributed by atoms with Gasteiger partial charge in [0, 0.05) is 25.0 Å². The van der Waals surface area contributed by atoms with Crippen LogP contribution in [-0.4, -0.2) is 41.4 Å². The summed E-state index contributed by atoms with van der Waals surface area (Å²) in [6.07, 6.45) is 7.10. The number of rotatable bonds is 4. The van der Waals surface area contributed by atoms with Gasteiger partial charge in [0.15, 0.2) is 0 Å². The Morgan fingerprint density at radius 1 is 1.22 bits per heavy atom. The van der Waals surface area contributed by atoms with Crippen molar-refractivity contribution in [1.82, 2.24) is 10.2 Å². The highest BCUT2D eigenvalue weighted by atomic mass is 16.2. The van der Waals surface area contributed by atoms with Crippen LogP contribution in [0.5, 0.6) is 0 Å². The van der Waals surface area contributed by atoms with E-state index in [9.17, 15) is 9.59 Å². The topological polar surface area (TPSA) is 75.4 Å². The maximum Gasteiger partial charge on any atom is 0.243 e. The van der Waals surface area contributed by atoms with Gasteiger partial charge < -0.3 is 16.0 Å².